The second-order valence-corrected chi connectivity index (χ2v) is 4.75. The Morgan fingerprint density at radius 1 is 1.07 bits per heavy atom. The van der Waals surface area contributed by atoms with E-state index in [1.54, 1.807) is 18.5 Å². The van der Waals surface area contributed by atoms with Crippen LogP contribution in [0.15, 0.2) is 58.6 Å². The summed E-state index contributed by atoms with van der Waals surface area (Å²) in [6.45, 7) is 2.01. The summed E-state index contributed by atoms with van der Waals surface area (Å²) in [7, 11) is -1.12. The Hall–Kier alpha value is -1.48. The summed E-state index contributed by atoms with van der Waals surface area (Å²) < 4.78 is 12.0. The average molecular weight is 217 g/mol. The summed E-state index contributed by atoms with van der Waals surface area (Å²) in [5.41, 5.74) is 1.17. The maximum atomic E-state index is 12.0. The number of hydrogen-bond acceptors (Lipinski definition) is 2. The normalized spacial score (nSPS) is 12.3. The summed E-state index contributed by atoms with van der Waals surface area (Å²) in [5.74, 6) is 0. The third kappa shape index (κ3) is 2.30. The molecule has 0 N–H and O–H groups in total. The van der Waals surface area contributed by atoms with Gasteiger partial charge < -0.3 is 0 Å². The molecule has 2 aromatic rings. The first-order chi connectivity index (χ1) is 7.27. The quantitative estimate of drug-likeness (QED) is 0.773. The van der Waals surface area contributed by atoms with E-state index >= 15 is 0 Å². The highest BCUT2D eigenvalue weighted by Crippen LogP contribution is 2.15. The van der Waals surface area contributed by atoms with Crippen LogP contribution in [-0.4, -0.2) is 9.19 Å². The van der Waals surface area contributed by atoms with E-state index in [2.05, 4.69) is 4.98 Å². The largest absolute Gasteiger partial charge is 0.263 e. The van der Waals surface area contributed by atoms with Crippen LogP contribution in [0.3, 0.4) is 0 Å². The van der Waals surface area contributed by atoms with Gasteiger partial charge in [-0.15, -0.1) is 0 Å². The molecule has 0 aliphatic heterocycles. The fourth-order valence-electron chi connectivity index (χ4n) is 1.25. The molecule has 0 aliphatic carbocycles. The predicted molar refractivity (Wildman–Crippen MR) is 60.1 cm³/mol. The Balaban J connectivity index is 2.33. The van der Waals surface area contributed by atoms with Crippen molar-refractivity contribution in [1.29, 1.82) is 0 Å². The topological polar surface area (TPSA) is 30.0 Å². The standard InChI is InChI=1S/C12H11NOS/c1-10-4-6-11(7-5-10)15(14)12-3-2-8-13-9-12/h2-9H,1H3. The Labute approximate surface area is 91.4 Å². The van der Waals surface area contributed by atoms with Crippen LogP contribution in [-0.2, 0) is 10.8 Å². The van der Waals surface area contributed by atoms with Gasteiger partial charge in [-0.25, -0.2) is 4.21 Å². The van der Waals surface area contributed by atoms with E-state index in [0.717, 1.165) is 9.79 Å². The van der Waals surface area contributed by atoms with Gasteiger partial charge in [-0.2, -0.15) is 0 Å². The number of hydrogen-bond donors (Lipinski definition) is 0. The Morgan fingerprint density at radius 2 is 1.80 bits per heavy atom. The molecule has 0 bridgehead atoms. The van der Waals surface area contributed by atoms with Gasteiger partial charge in [0.25, 0.3) is 0 Å². The van der Waals surface area contributed by atoms with E-state index < -0.39 is 10.8 Å². The molecular weight excluding hydrogens is 206 g/mol. The first-order valence-electron chi connectivity index (χ1n) is 4.66. The van der Waals surface area contributed by atoms with Gasteiger partial charge in [-0.05, 0) is 31.2 Å². The molecule has 0 spiro atoms. The van der Waals surface area contributed by atoms with Crippen LogP contribution in [0.1, 0.15) is 5.56 Å². The van der Waals surface area contributed by atoms with Crippen molar-refractivity contribution in [2.75, 3.05) is 0 Å². The number of rotatable bonds is 2. The zero-order chi connectivity index (χ0) is 10.7. The van der Waals surface area contributed by atoms with Crippen LogP contribution in [0.2, 0.25) is 0 Å². The van der Waals surface area contributed by atoms with Gasteiger partial charge in [-0.1, -0.05) is 17.7 Å². The molecule has 1 aromatic carbocycles. The van der Waals surface area contributed by atoms with Crippen LogP contribution in [0.25, 0.3) is 0 Å². The molecule has 0 radical (unpaired) electrons. The lowest BCUT2D eigenvalue weighted by Gasteiger charge is -2.01. The highest BCUT2D eigenvalue weighted by Gasteiger charge is 2.05. The lowest BCUT2D eigenvalue weighted by atomic mass is 10.2. The lowest BCUT2D eigenvalue weighted by Crippen LogP contribution is -1.92. The lowest BCUT2D eigenvalue weighted by molar-refractivity contribution is 0.683. The molecule has 1 aromatic heterocycles. The fourth-order valence-corrected chi connectivity index (χ4v) is 2.27. The van der Waals surface area contributed by atoms with Crippen molar-refractivity contribution in [2.45, 2.75) is 16.7 Å². The second-order valence-electron chi connectivity index (χ2n) is 3.27. The van der Waals surface area contributed by atoms with Gasteiger partial charge in [-0.3, -0.25) is 4.98 Å². The molecule has 0 saturated heterocycles. The highest BCUT2D eigenvalue weighted by atomic mass is 32.2. The van der Waals surface area contributed by atoms with Crippen LogP contribution < -0.4 is 0 Å². The van der Waals surface area contributed by atoms with Gasteiger partial charge in [0.2, 0.25) is 0 Å². The molecule has 3 heteroatoms. The van der Waals surface area contributed by atoms with Crippen molar-refractivity contribution in [1.82, 2.24) is 4.98 Å². The molecule has 1 heterocycles. The summed E-state index contributed by atoms with van der Waals surface area (Å²) in [6, 6.07) is 11.3. The minimum atomic E-state index is -1.12. The Bertz CT molecular complexity index is 465. The molecular formula is C12H11NOS. The summed E-state index contributed by atoms with van der Waals surface area (Å²) in [6.07, 6.45) is 3.31. The smallest absolute Gasteiger partial charge is 0.0865 e. The number of aryl methyl sites for hydroxylation is 1. The molecule has 0 aliphatic rings. The second kappa shape index (κ2) is 4.36. The van der Waals surface area contributed by atoms with Gasteiger partial charge in [0.1, 0.15) is 0 Å². The van der Waals surface area contributed by atoms with Crippen LogP contribution >= 0.6 is 0 Å². The summed E-state index contributed by atoms with van der Waals surface area (Å²) in [5, 5.41) is 0. The van der Waals surface area contributed by atoms with Gasteiger partial charge in [0.15, 0.2) is 0 Å². The van der Waals surface area contributed by atoms with Crippen molar-refractivity contribution in [3.8, 4) is 0 Å². The third-order valence-corrected chi connectivity index (χ3v) is 3.45. The first-order valence-corrected chi connectivity index (χ1v) is 5.81. The van der Waals surface area contributed by atoms with Crippen LogP contribution in [0.5, 0.6) is 0 Å². The van der Waals surface area contributed by atoms with Crippen LogP contribution in [0.4, 0.5) is 0 Å². The first kappa shape index (κ1) is 10.1. The monoisotopic (exact) mass is 217 g/mol. The molecule has 76 valence electrons. The molecule has 0 saturated carbocycles. The number of nitrogens with zero attached hydrogens (tertiary/aromatic N) is 1. The van der Waals surface area contributed by atoms with E-state index in [1.165, 1.54) is 5.56 Å². The Morgan fingerprint density at radius 3 is 2.40 bits per heavy atom. The van der Waals surface area contributed by atoms with E-state index in [4.69, 9.17) is 0 Å². The van der Waals surface area contributed by atoms with Crippen LogP contribution in [0, 0.1) is 6.92 Å². The minimum Gasteiger partial charge on any atom is -0.263 e. The fraction of sp³-hybridized carbons (Fsp3) is 0.0833. The van der Waals surface area contributed by atoms with Crippen molar-refractivity contribution in [2.24, 2.45) is 0 Å². The molecule has 2 rings (SSSR count). The molecule has 1 unspecified atom stereocenters. The minimum absolute atomic E-state index is 0.737. The molecule has 15 heavy (non-hydrogen) atoms. The van der Waals surface area contributed by atoms with Gasteiger partial charge >= 0.3 is 0 Å². The molecule has 0 amide bonds. The van der Waals surface area contributed by atoms with E-state index in [0.29, 0.717) is 0 Å². The molecule has 1 atom stereocenters. The maximum Gasteiger partial charge on any atom is 0.0865 e. The van der Waals surface area contributed by atoms with Crippen molar-refractivity contribution in [3.63, 3.8) is 0 Å². The van der Waals surface area contributed by atoms with E-state index in [-0.39, 0.29) is 0 Å². The predicted octanol–water partition coefficient (Wildman–Crippen LogP) is 2.56. The molecule has 2 nitrogen and oxygen atoms in total. The maximum absolute atomic E-state index is 12.0. The zero-order valence-corrected chi connectivity index (χ0v) is 9.20. The van der Waals surface area contributed by atoms with E-state index in [1.807, 2.05) is 37.3 Å². The zero-order valence-electron chi connectivity index (χ0n) is 8.38. The van der Waals surface area contributed by atoms with Crippen molar-refractivity contribution < 1.29 is 4.21 Å². The number of benzene rings is 1. The highest BCUT2D eigenvalue weighted by molar-refractivity contribution is 7.85. The third-order valence-electron chi connectivity index (χ3n) is 2.08. The Kier molecular flexibility index (Phi) is 2.92. The summed E-state index contributed by atoms with van der Waals surface area (Å²) >= 11 is 0. The van der Waals surface area contributed by atoms with Crippen molar-refractivity contribution in [3.05, 3.63) is 54.4 Å². The van der Waals surface area contributed by atoms with Gasteiger partial charge in [0.05, 0.1) is 15.7 Å². The van der Waals surface area contributed by atoms with E-state index in [9.17, 15) is 4.21 Å². The number of aromatic nitrogens is 1. The summed E-state index contributed by atoms with van der Waals surface area (Å²) in [4.78, 5) is 5.51. The SMILES string of the molecule is Cc1ccc(S(=O)c2cccnc2)cc1. The van der Waals surface area contributed by atoms with Crippen molar-refractivity contribution >= 4 is 10.8 Å². The number of pyridine rings is 1. The average Bonchev–Trinajstić information content (AvgIpc) is 2.30. The van der Waals surface area contributed by atoms with Gasteiger partial charge in [0, 0.05) is 17.3 Å². The molecule has 0 fully saturated rings.